The molecule has 0 bridgehead atoms. The second-order valence-electron chi connectivity index (χ2n) is 3.21. The van der Waals surface area contributed by atoms with Crippen LogP contribution in [-0.4, -0.2) is 28.7 Å². The molecule has 1 amide bonds. The van der Waals surface area contributed by atoms with Crippen LogP contribution in [0.15, 0.2) is 29.6 Å². The van der Waals surface area contributed by atoms with E-state index in [1.165, 1.54) is 5.01 Å². The van der Waals surface area contributed by atoms with E-state index in [9.17, 15) is 4.79 Å². The van der Waals surface area contributed by atoms with E-state index in [0.717, 1.165) is 11.3 Å². The standard InChI is InChI=1S/C10H11N3O/c1-13-10(14)5-4-9(12-13)8-3-2-6-11-7-8/h2-3,6-7H,4-5H2,1H3. The van der Waals surface area contributed by atoms with Gasteiger partial charge in [-0.05, 0) is 6.07 Å². The van der Waals surface area contributed by atoms with Gasteiger partial charge in [0.05, 0.1) is 5.71 Å². The summed E-state index contributed by atoms with van der Waals surface area (Å²) < 4.78 is 0. The second-order valence-corrected chi connectivity index (χ2v) is 3.21. The van der Waals surface area contributed by atoms with Gasteiger partial charge in [-0.25, -0.2) is 5.01 Å². The minimum absolute atomic E-state index is 0.0673. The van der Waals surface area contributed by atoms with E-state index < -0.39 is 0 Å². The molecule has 0 N–H and O–H groups in total. The highest BCUT2D eigenvalue weighted by Gasteiger charge is 2.17. The number of hydrogen-bond donors (Lipinski definition) is 0. The summed E-state index contributed by atoms with van der Waals surface area (Å²) in [5.74, 6) is 0.0673. The van der Waals surface area contributed by atoms with Crippen molar-refractivity contribution in [1.82, 2.24) is 9.99 Å². The van der Waals surface area contributed by atoms with Crippen molar-refractivity contribution in [1.29, 1.82) is 0 Å². The third kappa shape index (κ3) is 1.64. The molecule has 0 fully saturated rings. The van der Waals surface area contributed by atoms with Gasteiger partial charge >= 0.3 is 0 Å². The van der Waals surface area contributed by atoms with Crippen molar-refractivity contribution in [3.05, 3.63) is 30.1 Å². The number of carbonyl (C=O) groups excluding carboxylic acids is 1. The summed E-state index contributed by atoms with van der Waals surface area (Å²) in [5, 5.41) is 5.59. The van der Waals surface area contributed by atoms with Crippen molar-refractivity contribution in [3.8, 4) is 0 Å². The second kappa shape index (κ2) is 3.57. The van der Waals surface area contributed by atoms with E-state index in [4.69, 9.17) is 0 Å². The van der Waals surface area contributed by atoms with Crippen LogP contribution in [0, 0.1) is 0 Å². The fourth-order valence-electron chi connectivity index (χ4n) is 1.41. The summed E-state index contributed by atoms with van der Waals surface area (Å²) >= 11 is 0. The number of carbonyl (C=O) groups is 1. The molecule has 14 heavy (non-hydrogen) atoms. The van der Waals surface area contributed by atoms with Crippen molar-refractivity contribution >= 4 is 11.6 Å². The molecule has 0 aliphatic carbocycles. The minimum Gasteiger partial charge on any atom is -0.273 e. The normalized spacial score (nSPS) is 16.8. The maximum atomic E-state index is 11.2. The molecule has 72 valence electrons. The van der Waals surface area contributed by atoms with Gasteiger partial charge < -0.3 is 0 Å². The number of amides is 1. The Morgan fingerprint density at radius 1 is 1.43 bits per heavy atom. The van der Waals surface area contributed by atoms with Crippen LogP contribution < -0.4 is 0 Å². The molecule has 2 heterocycles. The molecule has 2 rings (SSSR count). The first kappa shape index (κ1) is 8.87. The molecule has 0 aromatic carbocycles. The Kier molecular flexibility index (Phi) is 2.26. The van der Waals surface area contributed by atoms with Crippen molar-refractivity contribution in [2.45, 2.75) is 12.8 Å². The first-order valence-corrected chi connectivity index (χ1v) is 4.52. The predicted molar refractivity (Wildman–Crippen MR) is 52.8 cm³/mol. The van der Waals surface area contributed by atoms with Crippen LogP contribution >= 0.6 is 0 Å². The maximum absolute atomic E-state index is 11.2. The fraction of sp³-hybridized carbons (Fsp3) is 0.300. The quantitative estimate of drug-likeness (QED) is 0.662. The minimum atomic E-state index is 0.0673. The molecule has 1 aromatic rings. The Morgan fingerprint density at radius 2 is 2.29 bits per heavy atom. The molecule has 0 saturated carbocycles. The topological polar surface area (TPSA) is 45.6 Å². The van der Waals surface area contributed by atoms with Crippen molar-refractivity contribution < 1.29 is 4.79 Å². The van der Waals surface area contributed by atoms with Crippen LogP contribution in [0.2, 0.25) is 0 Å². The Labute approximate surface area is 82.3 Å². The van der Waals surface area contributed by atoms with Gasteiger partial charge in [0.25, 0.3) is 0 Å². The predicted octanol–water partition coefficient (Wildman–Crippen LogP) is 1.04. The summed E-state index contributed by atoms with van der Waals surface area (Å²) in [7, 11) is 1.68. The zero-order valence-electron chi connectivity index (χ0n) is 7.97. The van der Waals surface area contributed by atoms with E-state index in [2.05, 4.69) is 10.1 Å². The Hall–Kier alpha value is -1.71. The SMILES string of the molecule is CN1N=C(c2cccnc2)CCC1=O. The molecule has 0 unspecified atom stereocenters. The lowest BCUT2D eigenvalue weighted by molar-refractivity contribution is -0.130. The lowest BCUT2D eigenvalue weighted by atomic mass is 10.1. The van der Waals surface area contributed by atoms with Crippen LogP contribution in [0.25, 0.3) is 0 Å². The van der Waals surface area contributed by atoms with E-state index >= 15 is 0 Å². The summed E-state index contributed by atoms with van der Waals surface area (Å²) in [5.41, 5.74) is 1.92. The number of hydrogen-bond acceptors (Lipinski definition) is 3. The molecule has 1 aromatic heterocycles. The van der Waals surface area contributed by atoms with Crippen LogP contribution in [0.1, 0.15) is 18.4 Å². The van der Waals surface area contributed by atoms with Gasteiger partial charge in [-0.1, -0.05) is 6.07 Å². The van der Waals surface area contributed by atoms with Gasteiger partial charge in [-0.2, -0.15) is 5.10 Å². The van der Waals surface area contributed by atoms with Gasteiger partial charge in [0.1, 0.15) is 0 Å². The number of aromatic nitrogens is 1. The van der Waals surface area contributed by atoms with Gasteiger partial charge in [-0.3, -0.25) is 9.78 Å². The van der Waals surface area contributed by atoms with Gasteiger partial charge in [0, 0.05) is 37.8 Å². The van der Waals surface area contributed by atoms with Crippen LogP contribution in [0.5, 0.6) is 0 Å². The molecule has 0 radical (unpaired) electrons. The highest BCUT2D eigenvalue weighted by atomic mass is 16.2. The van der Waals surface area contributed by atoms with Gasteiger partial charge in [0.15, 0.2) is 0 Å². The van der Waals surface area contributed by atoms with Gasteiger partial charge in [0.2, 0.25) is 5.91 Å². The van der Waals surface area contributed by atoms with Crippen LogP contribution in [-0.2, 0) is 4.79 Å². The third-order valence-corrected chi connectivity index (χ3v) is 2.20. The number of rotatable bonds is 1. The van der Waals surface area contributed by atoms with Gasteiger partial charge in [-0.15, -0.1) is 0 Å². The highest BCUT2D eigenvalue weighted by molar-refractivity contribution is 6.03. The average molecular weight is 189 g/mol. The smallest absolute Gasteiger partial charge is 0.242 e. The molecule has 4 heteroatoms. The monoisotopic (exact) mass is 189 g/mol. The Morgan fingerprint density at radius 3 is 2.93 bits per heavy atom. The molecule has 1 aliphatic heterocycles. The number of nitrogens with zero attached hydrogens (tertiary/aromatic N) is 3. The Balaban J connectivity index is 2.29. The van der Waals surface area contributed by atoms with E-state index in [-0.39, 0.29) is 5.91 Å². The molecular formula is C10H11N3O. The zero-order valence-corrected chi connectivity index (χ0v) is 7.97. The first-order valence-electron chi connectivity index (χ1n) is 4.52. The molecule has 1 aliphatic rings. The third-order valence-electron chi connectivity index (χ3n) is 2.20. The molecule has 0 saturated heterocycles. The average Bonchev–Trinajstić information content (AvgIpc) is 2.23. The fourth-order valence-corrected chi connectivity index (χ4v) is 1.41. The van der Waals surface area contributed by atoms with Crippen molar-refractivity contribution in [3.63, 3.8) is 0 Å². The van der Waals surface area contributed by atoms with Crippen molar-refractivity contribution in [2.24, 2.45) is 5.10 Å². The van der Waals surface area contributed by atoms with E-state index in [1.54, 1.807) is 19.4 Å². The summed E-state index contributed by atoms with van der Waals surface area (Å²) in [6.45, 7) is 0. The molecule has 4 nitrogen and oxygen atoms in total. The zero-order chi connectivity index (χ0) is 9.97. The Bertz CT molecular complexity index is 372. The first-order chi connectivity index (χ1) is 6.77. The summed E-state index contributed by atoms with van der Waals surface area (Å²) in [6, 6.07) is 3.82. The summed E-state index contributed by atoms with van der Waals surface area (Å²) in [6.07, 6.45) is 4.73. The number of hydrazone groups is 1. The lowest BCUT2D eigenvalue weighted by Crippen LogP contribution is -2.28. The lowest BCUT2D eigenvalue weighted by Gasteiger charge is -2.19. The number of pyridine rings is 1. The summed E-state index contributed by atoms with van der Waals surface area (Å²) in [4.78, 5) is 15.2. The van der Waals surface area contributed by atoms with E-state index in [0.29, 0.717) is 12.8 Å². The van der Waals surface area contributed by atoms with Crippen LogP contribution in [0.3, 0.4) is 0 Å². The maximum Gasteiger partial charge on any atom is 0.242 e. The molecular weight excluding hydrogens is 178 g/mol. The highest BCUT2D eigenvalue weighted by Crippen LogP contribution is 2.12. The molecule has 0 atom stereocenters. The largest absolute Gasteiger partial charge is 0.273 e. The van der Waals surface area contributed by atoms with Crippen LogP contribution in [0.4, 0.5) is 0 Å². The molecule has 0 spiro atoms. The van der Waals surface area contributed by atoms with Crippen molar-refractivity contribution in [2.75, 3.05) is 7.05 Å². The van der Waals surface area contributed by atoms with E-state index in [1.807, 2.05) is 12.1 Å².